The van der Waals surface area contributed by atoms with Crippen LogP contribution >= 0.6 is 0 Å². The number of carbonyl (C=O) groups excluding carboxylic acids is 1. The first kappa shape index (κ1) is 30.7. The lowest BCUT2D eigenvalue weighted by Crippen LogP contribution is -2.41. The molecular weight excluding hydrogens is 456 g/mol. The number of ether oxygens (including phenoxy) is 6. The molecule has 0 unspecified atom stereocenters. The van der Waals surface area contributed by atoms with Gasteiger partial charge in [0.2, 0.25) is 0 Å². The summed E-state index contributed by atoms with van der Waals surface area (Å²) < 4.78 is 38.5. The fourth-order valence-electron chi connectivity index (χ4n) is 2.40. The fourth-order valence-corrected chi connectivity index (χ4v) is 3.43. The molecule has 0 amide bonds. The molecule has 0 aliphatic carbocycles. The van der Waals surface area contributed by atoms with E-state index in [2.05, 4.69) is 33.9 Å². The normalized spacial score (nSPS) is 12.1. The van der Waals surface area contributed by atoms with Gasteiger partial charge >= 0.3 is 5.97 Å². The van der Waals surface area contributed by atoms with Crippen LogP contribution in [0.15, 0.2) is 30.3 Å². The molecule has 0 radical (unpaired) electrons. The van der Waals surface area contributed by atoms with Crippen molar-refractivity contribution in [1.82, 2.24) is 0 Å². The lowest BCUT2D eigenvalue weighted by Gasteiger charge is -2.36. The highest BCUT2D eigenvalue weighted by atomic mass is 28.4. The molecule has 0 saturated carbocycles. The molecule has 0 atom stereocenters. The first-order valence-corrected chi connectivity index (χ1v) is 14.9. The summed E-state index contributed by atoms with van der Waals surface area (Å²) in [5.74, 6) is -0.346. The minimum Gasteiger partial charge on any atom is -0.460 e. The smallest absolute Gasteiger partial charge is 0.338 e. The summed E-state index contributed by atoms with van der Waals surface area (Å²) in [4.78, 5) is 11.7. The van der Waals surface area contributed by atoms with Crippen LogP contribution in [0.2, 0.25) is 18.1 Å². The zero-order chi connectivity index (χ0) is 25.1. The Kier molecular flexibility index (Phi) is 16.3. The van der Waals surface area contributed by atoms with E-state index in [0.717, 1.165) is 0 Å². The minimum atomic E-state index is -1.69. The van der Waals surface area contributed by atoms with Gasteiger partial charge < -0.3 is 32.8 Å². The molecule has 0 aromatic heterocycles. The van der Waals surface area contributed by atoms with Crippen molar-refractivity contribution in [2.75, 3.05) is 79.3 Å². The van der Waals surface area contributed by atoms with E-state index in [4.69, 9.17) is 32.8 Å². The van der Waals surface area contributed by atoms with Gasteiger partial charge in [0.1, 0.15) is 6.61 Å². The van der Waals surface area contributed by atoms with Gasteiger partial charge in [-0.25, -0.2) is 4.79 Å². The van der Waals surface area contributed by atoms with E-state index in [1.165, 1.54) is 0 Å². The largest absolute Gasteiger partial charge is 0.460 e. The summed E-state index contributed by atoms with van der Waals surface area (Å²) in [6.45, 7) is 17.0. The Morgan fingerprint density at radius 3 is 1.44 bits per heavy atom. The van der Waals surface area contributed by atoms with Crippen LogP contribution in [0.5, 0.6) is 0 Å². The Morgan fingerprint density at radius 1 is 0.647 bits per heavy atom. The molecule has 0 saturated heterocycles. The first-order valence-electron chi connectivity index (χ1n) is 12.0. The van der Waals surface area contributed by atoms with Crippen LogP contribution in [0.4, 0.5) is 0 Å². The standard InChI is InChI=1S/C25H44O8Si/c1-25(2,3)34(4,5)33-22-20-31-18-16-29-14-12-27-11-13-28-15-17-30-19-21-32-24(26)23-9-7-6-8-10-23/h6-10H,11-22H2,1-5H3. The SMILES string of the molecule is CC(C)(C)[Si](C)(C)OCCOCCOCCOCCOCCOCCOC(=O)c1ccccc1. The zero-order valence-electron chi connectivity index (χ0n) is 21.6. The van der Waals surface area contributed by atoms with Crippen molar-refractivity contribution >= 4 is 14.3 Å². The van der Waals surface area contributed by atoms with Crippen LogP contribution < -0.4 is 0 Å². The Balaban J connectivity index is 1.77. The molecule has 1 rings (SSSR count). The van der Waals surface area contributed by atoms with Gasteiger partial charge in [-0.2, -0.15) is 0 Å². The molecule has 0 aliphatic heterocycles. The third-order valence-corrected chi connectivity index (χ3v) is 9.99. The van der Waals surface area contributed by atoms with Gasteiger partial charge in [0.15, 0.2) is 8.32 Å². The van der Waals surface area contributed by atoms with E-state index in [1.807, 2.05) is 6.07 Å². The molecule has 1 aromatic carbocycles. The number of carbonyl (C=O) groups is 1. The maximum absolute atomic E-state index is 11.7. The van der Waals surface area contributed by atoms with Crippen molar-refractivity contribution in [1.29, 1.82) is 0 Å². The first-order chi connectivity index (χ1) is 16.2. The van der Waals surface area contributed by atoms with Gasteiger partial charge in [-0.3, -0.25) is 0 Å². The maximum atomic E-state index is 11.7. The molecule has 0 bridgehead atoms. The third kappa shape index (κ3) is 14.8. The Labute approximate surface area is 206 Å². The van der Waals surface area contributed by atoms with E-state index in [-0.39, 0.29) is 17.6 Å². The summed E-state index contributed by atoms with van der Waals surface area (Å²) in [6, 6.07) is 8.88. The van der Waals surface area contributed by atoms with Crippen molar-refractivity contribution in [2.45, 2.75) is 38.9 Å². The van der Waals surface area contributed by atoms with Crippen molar-refractivity contribution in [3.63, 3.8) is 0 Å². The minimum absolute atomic E-state index is 0.215. The van der Waals surface area contributed by atoms with Crippen LogP contribution in [-0.2, 0) is 32.8 Å². The summed E-state index contributed by atoms with van der Waals surface area (Å²) in [5, 5.41) is 0.218. The quantitative estimate of drug-likeness (QED) is 0.151. The number of hydrogen-bond donors (Lipinski definition) is 0. The van der Waals surface area contributed by atoms with E-state index in [9.17, 15) is 4.79 Å². The maximum Gasteiger partial charge on any atom is 0.338 e. The summed E-state index contributed by atoms with van der Waals surface area (Å²) in [6.07, 6.45) is 0. The van der Waals surface area contributed by atoms with Crippen molar-refractivity contribution in [2.24, 2.45) is 0 Å². The molecule has 0 N–H and O–H groups in total. The van der Waals surface area contributed by atoms with Crippen LogP contribution in [-0.4, -0.2) is 93.6 Å². The zero-order valence-corrected chi connectivity index (χ0v) is 22.6. The van der Waals surface area contributed by atoms with Crippen LogP contribution in [0.3, 0.4) is 0 Å². The lowest BCUT2D eigenvalue weighted by atomic mass is 10.2. The molecule has 0 spiro atoms. The highest BCUT2D eigenvalue weighted by molar-refractivity contribution is 6.74. The fraction of sp³-hybridized carbons (Fsp3) is 0.720. The van der Waals surface area contributed by atoms with Gasteiger partial charge in [0, 0.05) is 0 Å². The topological polar surface area (TPSA) is 81.7 Å². The van der Waals surface area contributed by atoms with Crippen LogP contribution in [0.25, 0.3) is 0 Å². The van der Waals surface area contributed by atoms with Crippen LogP contribution in [0.1, 0.15) is 31.1 Å². The molecule has 0 heterocycles. The van der Waals surface area contributed by atoms with E-state index in [1.54, 1.807) is 24.3 Å². The molecule has 196 valence electrons. The van der Waals surface area contributed by atoms with Gasteiger partial charge in [0.25, 0.3) is 0 Å². The second kappa shape index (κ2) is 18.0. The number of hydrogen-bond acceptors (Lipinski definition) is 8. The molecule has 0 aliphatic rings. The second-order valence-electron chi connectivity index (χ2n) is 9.17. The van der Waals surface area contributed by atoms with E-state index >= 15 is 0 Å². The van der Waals surface area contributed by atoms with E-state index in [0.29, 0.717) is 78.2 Å². The highest BCUT2D eigenvalue weighted by Gasteiger charge is 2.36. The molecule has 8 nitrogen and oxygen atoms in total. The van der Waals surface area contributed by atoms with Crippen molar-refractivity contribution in [3.8, 4) is 0 Å². The van der Waals surface area contributed by atoms with Gasteiger partial charge in [-0.1, -0.05) is 39.0 Å². The van der Waals surface area contributed by atoms with Gasteiger partial charge in [0.05, 0.1) is 78.2 Å². The van der Waals surface area contributed by atoms with Gasteiger partial charge in [-0.05, 0) is 30.3 Å². The average molecular weight is 501 g/mol. The Bertz CT molecular complexity index is 634. The lowest BCUT2D eigenvalue weighted by molar-refractivity contribution is -0.0165. The second-order valence-corrected chi connectivity index (χ2v) is 14.0. The van der Waals surface area contributed by atoms with Crippen LogP contribution in [0, 0.1) is 0 Å². The Morgan fingerprint density at radius 2 is 1.03 bits per heavy atom. The predicted octanol–water partition coefficient (Wildman–Crippen LogP) is 3.95. The number of esters is 1. The molecular formula is C25H44O8Si. The molecule has 34 heavy (non-hydrogen) atoms. The number of benzene rings is 1. The predicted molar refractivity (Wildman–Crippen MR) is 134 cm³/mol. The summed E-state index contributed by atoms with van der Waals surface area (Å²) >= 11 is 0. The van der Waals surface area contributed by atoms with Crippen molar-refractivity contribution in [3.05, 3.63) is 35.9 Å². The number of rotatable bonds is 20. The third-order valence-electron chi connectivity index (χ3n) is 5.46. The monoisotopic (exact) mass is 500 g/mol. The van der Waals surface area contributed by atoms with E-state index < -0.39 is 8.32 Å². The highest BCUT2D eigenvalue weighted by Crippen LogP contribution is 2.36. The summed E-state index contributed by atoms with van der Waals surface area (Å²) in [7, 11) is -1.69. The Hall–Kier alpha value is -1.33. The van der Waals surface area contributed by atoms with Crippen molar-refractivity contribution < 1.29 is 37.6 Å². The summed E-state index contributed by atoms with van der Waals surface area (Å²) in [5.41, 5.74) is 0.534. The average Bonchev–Trinajstić information content (AvgIpc) is 2.80. The van der Waals surface area contributed by atoms with Gasteiger partial charge in [-0.15, -0.1) is 0 Å². The molecule has 0 fully saturated rings. The molecule has 1 aromatic rings. The molecule has 9 heteroatoms.